The number of halogens is 2. The van der Waals surface area contributed by atoms with E-state index in [4.69, 9.17) is 16.3 Å². The van der Waals surface area contributed by atoms with Crippen LogP contribution in [0, 0.1) is 11.7 Å². The number of rotatable bonds is 5. The molecule has 0 aliphatic heterocycles. The van der Waals surface area contributed by atoms with Gasteiger partial charge in [-0.1, -0.05) is 11.6 Å². The quantitative estimate of drug-likeness (QED) is 0.857. The van der Waals surface area contributed by atoms with Crippen LogP contribution in [0.15, 0.2) is 18.2 Å². The van der Waals surface area contributed by atoms with Crippen LogP contribution in [0.4, 0.5) is 10.1 Å². The molecule has 4 heteroatoms. The molecule has 2 rings (SSSR count). The molecular weight excluding hydrogens is 229 g/mol. The Hall–Kier alpha value is -0.800. The zero-order chi connectivity index (χ0) is 11.5. The van der Waals surface area contributed by atoms with E-state index >= 15 is 0 Å². The standard InChI is InChI=1S/C12H15ClFNO/c1-16-7-12(8-2-3-8)15-9-4-5-10(13)11(14)6-9/h4-6,8,12,15H,2-3,7H2,1H3. The summed E-state index contributed by atoms with van der Waals surface area (Å²) in [5.74, 6) is 0.261. The number of hydrogen-bond donors (Lipinski definition) is 1. The molecular formula is C12H15ClFNO. The van der Waals surface area contributed by atoms with E-state index in [0.29, 0.717) is 12.5 Å². The Balaban J connectivity index is 2.03. The summed E-state index contributed by atoms with van der Waals surface area (Å²) in [5, 5.41) is 3.44. The zero-order valence-corrected chi connectivity index (χ0v) is 9.93. The predicted octanol–water partition coefficient (Wildman–Crippen LogP) is 3.32. The van der Waals surface area contributed by atoms with Gasteiger partial charge in [0, 0.05) is 12.8 Å². The molecule has 88 valence electrons. The average molecular weight is 244 g/mol. The van der Waals surface area contributed by atoms with Gasteiger partial charge in [0.05, 0.1) is 17.7 Å². The third-order valence-corrected chi connectivity index (χ3v) is 3.12. The molecule has 0 radical (unpaired) electrons. The minimum Gasteiger partial charge on any atom is -0.383 e. The van der Waals surface area contributed by atoms with Crippen LogP contribution in [0.2, 0.25) is 5.02 Å². The van der Waals surface area contributed by atoms with Crippen molar-refractivity contribution in [3.8, 4) is 0 Å². The van der Waals surface area contributed by atoms with E-state index < -0.39 is 5.82 Å². The van der Waals surface area contributed by atoms with Crippen molar-refractivity contribution in [2.24, 2.45) is 5.92 Å². The Morgan fingerprint density at radius 2 is 2.31 bits per heavy atom. The molecule has 0 saturated heterocycles. The maximum Gasteiger partial charge on any atom is 0.143 e. The number of nitrogens with one attached hydrogen (secondary N) is 1. The van der Waals surface area contributed by atoms with Crippen molar-refractivity contribution in [3.05, 3.63) is 29.0 Å². The first-order valence-corrected chi connectivity index (χ1v) is 5.79. The summed E-state index contributed by atoms with van der Waals surface area (Å²) in [6.45, 7) is 0.648. The van der Waals surface area contributed by atoms with E-state index in [9.17, 15) is 4.39 Å². The molecule has 1 saturated carbocycles. The van der Waals surface area contributed by atoms with Crippen molar-refractivity contribution in [3.63, 3.8) is 0 Å². The van der Waals surface area contributed by atoms with Crippen LogP contribution in [0.25, 0.3) is 0 Å². The molecule has 1 N–H and O–H groups in total. The van der Waals surface area contributed by atoms with Crippen molar-refractivity contribution in [1.29, 1.82) is 0 Å². The summed E-state index contributed by atoms with van der Waals surface area (Å²) in [6, 6.07) is 5.05. The van der Waals surface area contributed by atoms with Crippen LogP contribution in [0.3, 0.4) is 0 Å². The van der Waals surface area contributed by atoms with Gasteiger partial charge in [0.15, 0.2) is 0 Å². The molecule has 16 heavy (non-hydrogen) atoms. The van der Waals surface area contributed by atoms with Crippen molar-refractivity contribution in [2.45, 2.75) is 18.9 Å². The summed E-state index contributed by atoms with van der Waals surface area (Å²) in [6.07, 6.45) is 2.44. The van der Waals surface area contributed by atoms with E-state index in [2.05, 4.69) is 5.32 Å². The third-order valence-electron chi connectivity index (χ3n) is 2.81. The fraction of sp³-hybridized carbons (Fsp3) is 0.500. The molecule has 0 bridgehead atoms. The van der Waals surface area contributed by atoms with Gasteiger partial charge in [-0.2, -0.15) is 0 Å². The van der Waals surface area contributed by atoms with E-state index in [1.165, 1.54) is 18.9 Å². The molecule has 0 amide bonds. The monoisotopic (exact) mass is 243 g/mol. The van der Waals surface area contributed by atoms with Gasteiger partial charge >= 0.3 is 0 Å². The van der Waals surface area contributed by atoms with Crippen LogP contribution in [0.5, 0.6) is 0 Å². The SMILES string of the molecule is COCC(Nc1ccc(Cl)c(F)c1)C1CC1. The van der Waals surface area contributed by atoms with Crippen molar-refractivity contribution in [2.75, 3.05) is 19.0 Å². The number of hydrogen-bond acceptors (Lipinski definition) is 2. The Labute approximate surface area is 99.7 Å². The molecule has 1 aliphatic rings. The lowest BCUT2D eigenvalue weighted by atomic mass is 10.2. The van der Waals surface area contributed by atoms with Crippen molar-refractivity contribution < 1.29 is 9.13 Å². The number of benzene rings is 1. The molecule has 1 aromatic carbocycles. The van der Waals surface area contributed by atoms with Crippen LogP contribution in [-0.2, 0) is 4.74 Å². The molecule has 1 aliphatic carbocycles. The topological polar surface area (TPSA) is 21.3 Å². The second-order valence-electron chi connectivity index (χ2n) is 4.17. The van der Waals surface area contributed by atoms with Gasteiger partial charge in [-0.25, -0.2) is 4.39 Å². The summed E-state index contributed by atoms with van der Waals surface area (Å²) >= 11 is 5.63. The lowest BCUT2D eigenvalue weighted by molar-refractivity contribution is 0.179. The predicted molar refractivity (Wildman–Crippen MR) is 63.4 cm³/mol. The van der Waals surface area contributed by atoms with Crippen LogP contribution < -0.4 is 5.32 Å². The van der Waals surface area contributed by atoms with Gasteiger partial charge in [0.1, 0.15) is 5.82 Å². The fourth-order valence-electron chi connectivity index (χ4n) is 1.77. The normalized spacial score (nSPS) is 17.2. The Bertz CT molecular complexity index is 368. The minimum absolute atomic E-state index is 0.153. The van der Waals surface area contributed by atoms with Gasteiger partial charge in [-0.3, -0.25) is 0 Å². The summed E-state index contributed by atoms with van der Waals surface area (Å²) in [7, 11) is 1.68. The van der Waals surface area contributed by atoms with Crippen LogP contribution >= 0.6 is 11.6 Å². The van der Waals surface area contributed by atoms with E-state index in [1.807, 2.05) is 0 Å². The van der Waals surface area contributed by atoms with Crippen molar-refractivity contribution >= 4 is 17.3 Å². The number of anilines is 1. The van der Waals surface area contributed by atoms with Gasteiger partial charge < -0.3 is 10.1 Å². The first-order chi connectivity index (χ1) is 7.70. The fourth-order valence-corrected chi connectivity index (χ4v) is 1.89. The lowest BCUT2D eigenvalue weighted by Crippen LogP contribution is -2.27. The summed E-state index contributed by atoms with van der Waals surface area (Å²) < 4.78 is 18.4. The van der Waals surface area contributed by atoms with Gasteiger partial charge in [-0.05, 0) is 37.0 Å². The molecule has 1 unspecified atom stereocenters. The van der Waals surface area contributed by atoms with Crippen molar-refractivity contribution in [1.82, 2.24) is 0 Å². The highest BCUT2D eigenvalue weighted by molar-refractivity contribution is 6.30. The minimum atomic E-state index is -0.390. The number of ether oxygens (including phenoxy) is 1. The number of methoxy groups -OCH3 is 1. The summed E-state index contributed by atoms with van der Waals surface area (Å²) in [4.78, 5) is 0. The molecule has 1 atom stereocenters. The first kappa shape index (κ1) is 11.7. The van der Waals surface area contributed by atoms with Gasteiger partial charge in [0.2, 0.25) is 0 Å². The largest absolute Gasteiger partial charge is 0.383 e. The zero-order valence-electron chi connectivity index (χ0n) is 9.17. The molecule has 0 spiro atoms. The molecule has 0 aromatic heterocycles. The Morgan fingerprint density at radius 1 is 1.56 bits per heavy atom. The Morgan fingerprint density at radius 3 is 2.88 bits per heavy atom. The van der Waals surface area contributed by atoms with E-state index in [-0.39, 0.29) is 11.1 Å². The maximum atomic E-state index is 13.2. The summed E-state index contributed by atoms with van der Waals surface area (Å²) in [5.41, 5.74) is 0.760. The highest BCUT2D eigenvalue weighted by Gasteiger charge is 2.31. The second-order valence-corrected chi connectivity index (χ2v) is 4.58. The maximum absolute atomic E-state index is 13.2. The molecule has 2 nitrogen and oxygen atoms in total. The second kappa shape index (κ2) is 5.02. The smallest absolute Gasteiger partial charge is 0.143 e. The Kier molecular flexibility index (Phi) is 3.66. The van der Waals surface area contributed by atoms with E-state index in [0.717, 1.165) is 5.69 Å². The van der Waals surface area contributed by atoms with Crippen LogP contribution in [-0.4, -0.2) is 19.8 Å². The van der Waals surface area contributed by atoms with Gasteiger partial charge in [-0.15, -0.1) is 0 Å². The van der Waals surface area contributed by atoms with E-state index in [1.54, 1.807) is 19.2 Å². The molecule has 1 aromatic rings. The first-order valence-electron chi connectivity index (χ1n) is 5.41. The highest BCUT2D eigenvalue weighted by atomic mass is 35.5. The van der Waals surface area contributed by atoms with Crippen LogP contribution in [0.1, 0.15) is 12.8 Å². The average Bonchev–Trinajstić information content (AvgIpc) is 3.06. The van der Waals surface area contributed by atoms with Gasteiger partial charge in [0.25, 0.3) is 0 Å². The highest BCUT2D eigenvalue weighted by Crippen LogP contribution is 2.34. The third kappa shape index (κ3) is 2.86. The lowest BCUT2D eigenvalue weighted by Gasteiger charge is -2.18. The molecule has 1 fully saturated rings. The molecule has 0 heterocycles.